The number of rotatable bonds is 5. The van der Waals surface area contributed by atoms with Crippen LogP contribution in [0.15, 0.2) is 24.3 Å². The van der Waals surface area contributed by atoms with Crippen LogP contribution in [0, 0.1) is 0 Å². The second-order valence-corrected chi connectivity index (χ2v) is 4.58. The third kappa shape index (κ3) is 3.37. The smallest absolute Gasteiger partial charge is 0.174 e. The standard InChI is InChI=1S/C13H18N4/c1-10(2)12-8-6-11(7-9-12)4-3-5-13-14-16-17-15-13/h6-10H,3-5H2,1-2H3,(H,14,15,16,17). The topological polar surface area (TPSA) is 54.5 Å². The minimum atomic E-state index is 0.600. The zero-order valence-electron chi connectivity index (χ0n) is 10.3. The van der Waals surface area contributed by atoms with Gasteiger partial charge in [0.15, 0.2) is 5.82 Å². The molecule has 0 unspecified atom stereocenters. The highest BCUT2D eigenvalue weighted by molar-refractivity contribution is 5.24. The zero-order valence-corrected chi connectivity index (χ0v) is 10.3. The molecule has 0 aliphatic carbocycles. The van der Waals surface area contributed by atoms with Gasteiger partial charge < -0.3 is 0 Å². The molecule has 0 amide bonds. The summed E-state index contributed by atoms with van der Waals surface area (Å²) in [7, 11) is 0. The molecule has 0 radical (unpaired) electrons. The van der Waals surface area contributed by atoms with E-state index in [-0.39, 0.29) is 0 Å². The highest BCUT2D eigenvalue weighted by Gasteiger charge is 2.01. The van der Waals surface area contributed by atoms with E-state index in [1.165, 1.54) is 11.1 Å². The average molecular weight is 230 g/mol. The molecule has 0 aliphatic rings. The van der Waals surface area contributed by atoms with Crippen LogP contribution < -0.4 is 0 Å². The van der Waals surface area contributed by atoms with Crippen LogP contribution in [0.4, 0.5) is 0 Å². The zero-order chi connectivity index (χ0) is 12.1. The predicted octanol–water partition coefficient (Wildman–Crippen LogP) is 2.50. The predicted molar refractivity (Wildman–Crippen MR) is 66.7 cm³/mol. The lowest BCUT2D eigenvalue weighted by molar-refractivity contribution is 0.772. The molecule has 0 saturated carbocycles. The lowest BCUT2D eigenvalue weighted by Crippen LogP contribution is -1.93. The van der Waals surface area contributed by atoms with Crippen molar-refractivity contribution in [3.8, 4) is 0 Å². The maximum absolute atomic E-state index is 3.94. The Morgan fingerprint density at radius 3 is 2.47 bits per heavy atom. The Balaban J connectivity index is 1.83. The summed E-state index contributed by atoms with van der Waals surface area (Å²) in [6.07, 6.45) is 3.00. The molecular weight excluding hydrogens is 212 g/mol. The van der Waals surface area contributed by atoms with Gasteiger partial charge in [0.2, 0.25) is 0 Å². The van der Waals surface area contributed by atoms with Crippen molar-refractivity contribution in [2.45, 2.75) is 39.0 Å². The van der Waals surface area contributed by atoms with Crippen molar-refractivity contribution >= 4 is 0 Å². The van der Waals surface area contributed by atoms with Crippen LogP contribution in [0.3, 0.4) is 0 Å². The minimum Gasteiger partial charge on any atom is -0.177 e. The molecule has 0 bridgehead atoms. The summed E-state index contributed by atoms with van der Waals surface area (Å²) in [5, 5.41) is 13.9. The van der Waals surface area contributed by atoms with E-state index in [1.54, 1.807) is 0 Å². The maximum atomic E-state index is 3.94. The van der Waals surface area contributed by atoms with E-state index in [0.717, 1.165) is 25.1 Å². The molecule has 0 fully saturated rings. The molecular formula is C13H18N4. The van der Waals surface area contributed by atoms with E-state index in [0.29, 0.717) is 5.92 Å². The number of hydrogen-bond donors (Lipinski definition) is 1. The molecule has 1 N–H and O–H groups in total. The Morgan fingerprint density at radius 2 is 1.88 bits per heavy atom. The van der Waals surface area contributed by atoms with E-state index in [2.05, 4.69) is 58.7 Å². The largest absolute Gasteiger partial charge is 0.177 e. The second-order valence-electron chi connectivity index (χ2n) is 4.58. The van der Waals surface area contributed by atoms with Gasteiger partial charge >= 0.3 is 0 Å². The fourth-order valence-corrected chi connectivity index (χ4v) is 1.81. The van der Waals surface area contributed by atoms with Gasteiger partial charge in [0.1, 0.15) is 0 Å². The molecule has 1 aromatic heterocycles. The fourth-order valence-electron chi connectivity index (χ4n) is 1.81. The number of aryl methyl sites for hydroxylation is 2. The number of aromatic amines is 1. The summed E-state index contributed by atoms with van der Waals surface area (Å²) in [5.74, 6) is 1.40. The van der Waals surface area contributed by atoms with Crippen molar-refractivity contribution in [2.75, 3.05) is 0 Å². The van der Waals surface area contributed by atoms with Crippen LogP contribution in [0.2, 0.25) is 0 Å². The monoisotopic (exact) mass is 230 g/mol. The average Bonchev–Trinajstić information content (AvgIpc) is 2.83. The van der Waals surface area contributed by atoms with Gasteiger partial charge in [-0.15, -0.1) is 10.2 Å². The maximum Gasteiger partial charge on any atom is 0.174 e. The lowest BCUT2D eigenvalue weighted by atomic mass is 10.00. The van der Waals surface area contributed by atoms with Gasteiger partial charge in [0.25, 0.3) is 0 Å². The van der Waals surface area contributed by atoms with Gasteiger partial charge in [-0.2, -0.15) is 5.21 Å². The highest BCUT2D eigenvalue weighted by Crippen LogP contribution is 2.15. The van der Waals surface area contributed by atoms with Crippen molar-refractivity contribution in [2.24, 2.45) is 0 Å². The summed E-state index contributed by atoms with van der Waals surface area (Å²) in [6.45, 7) is 4.43. The molecule has 17 heavy (non-hydrogen) atoms. The molecule has 4 heteroatoms. The van der Waals surface area contributed by atoms with Crippen LogP contribution in [0.1, 0.15) is 43.1 Å². The number of benzene rings is 1. The van der Waals surface area contributed by atoms with E-state index in [1.807, 2.05) is 0 Å². The van der Waals surface area contributed by atoms with E-state index >= 15 is 0 Å². The van der Waals surface area contributed by atoms with Crippen LogP contribution >= 0.6 is 0 Å². The van der Waals surface area contributed by atoms with Crippen molar-refractivity contribution in [1.29, 1.82) is 0 Å². The third-order valence-corrected chi connectivity index (χ3v) is 2.90. The summed E-state index contributed by atoms with van der Waals surface area (Å²) in [6, 6.07) is 8.86. The first-order chi connectivity index (χ1) is 8.25. The molecule has 4 nitrogen and oxygen atoms in total. The Morgan fingerprint density at radius 1 is 1.12 bits per heavy atom. The third-order valence-electron chi connectivity index (χ3n) is 2.90. The first-order valence-corrected chi connectivity index (χ1v) is 6.07. The van der Waals surface area contributed by atoms with Crippen LogP contribution in [-0.4, -0.2) is 20.6 Å². The Bertz CT molecular complexity index is 431. The molecule has 1 heterocycles. The molecule has 1 aromatic carbocycles. The van der Waals surface area contributed by atoms with E-state index < -0.39 is 0 Å². The molecule has 0 saturated heterocycles. The van der Waals surface area contributed by atoms with Crippen molar-refractivity contribution in [3.05, 3.63) is 41.2 Å². The normalized spacial score (nSPS) is 11.0. The quantitative estimate of drug-likeness (QED) is 0.858. The molecule has 90 valence electrons. The van der Waals surface area contributed by atoms with Crippen molar-refractivity contribution in [3.63, 3.8) is 0 Å². The summed E-state index contributed by atoms with van der Waals surface area (Å²) >= 11 is 0. The van der Waals surface area contributed by atoms with E-state index in [9.17, 15) is 0 Å². The number of aromatic nitrogens is 4. The molecule has 2 aromatic rings. The Hall–Kier alpha value is -1.71. The summed E-state index contributed by atoms with van der Waals surface area (Å²) in [5.41, 5.74) is 2.77. The number of hydrogen-bond acceptors (Lipinski definition) is 3. The van der Waals surface area contributed by atoms with Gasteiger partial charge in [-0.3, -0.25) is 0 Å². The van der Waals surface area contributed by atoms with Gasteiger partial charge in [-0.25, -0.2) is 0 Å². The highest BCUT2D eigenvalue weighted by atomic mass is 15.5. The van der Waals surface area contributed by atoms with Gasteiger partial charge in [-0.05, 0) is 29.9 Å². The number of H-pyrrole nitrogens is 1. The molecule has 0 atom stereocenters. The van der Waals surface area contributed by atoms with Gasteiger partial charge in [-0.1, -0.05) is 43.3 Å². The van der Waals surface area contributed by atoms with E-state index in [4.69, 9.17) is 0 Å². The Labute approximate surface area is 101 Å². The SMILES string of the molecule is CC(C)c1ccc(CCCc2nn[nH]n2)cc1. The molecule has 0 spiro atoms. The first-order valence-electron chi connectivity index (χ1n) is 6.07. The van der Waals surface area contributed by atoms with Crippen molar-refractivity contribution < 1.29 is 0 Å². The second kappa shape index (κ2) is 5.57. The molecule has 2 rings (SSSR count). The summed E-state index contributed by atoms with van der Waals surface area (Å²) < 4.78 is 0. The van der Waals surface area contributed by atoms with Crippen LogP contribution in [0.25, 0.3) is 0 Å². The van der Waals surface area contributed by atoms with Crippen LogP contribution in [-0.2, 0) is 12.8 Å². The number of nitrogens with zero attached hydrogens (tertiary/aromatic N) is 3. The van der Waals surface area contributed by atoms with Crippen molar-refractivity contribution in [1.82, 2.24) is 20.6 Å². The first kappa shape index (κ1) is 11.8. The minimum absolute atomic E-state index is 0.600. The lowest BCUT2D eigenvalue weighted by Gasteiger charge is -2.06. The van der Waals surface area contributed by atoms with Crippen LogP contribution in [0.5, 0.6) is 0 Å². The number of tetrazole rings is 1. The summed E-state index contributed by atoms with van der Waals surface area (Å²) in [4.78, 5) is 0. The van der Waals surface area contributed by atoms with Gasteiger partial charge in [0, 0.05) is 6.42 Å². The fraction of sp³-hybridized carbons (Fsp3) is 0.462. The number of nitrogens with one attached hydrogen (secondary N) is 1. The molecule has 0 aliphatic heterocycles. The van der Waals surface area contributed by atoms with Gasteiger partial charge in [0.05, 0.1) is 0 Å². The Kier molecular flexibility index (Phi) is 3.85.